The molecule has 18 heavy (non-hydrogen) atoms. The van der Waals surface area contributed by atoms with Gasteiger partial charge in [0.05, 0.1) is 13.2 Å². The monoisotopic (exact) mass is 318 g/mol. The van der Waals surface area contributed by atoms with Gasteiger partial charge in [0.2, 0.25) is 0 Å². The van der Waals surface area contributed by atoms with Crippen LogP contribution in [0.2, 0.25) is 0 Å². The normalized spacial score (nSPS) is 13.5. The zero-order valence-corrected chi connectivity index (χ0v) is 14.1. The van der Waals surface area contributed by atoms with Crippen molar-refractivity contribution in [1.82, 2.24) is 8.38 Å². The summed E-state index contributed by atoms with van der Waals surface area (Å²) in [6, 6.07) is 0. The molecule has 6 nitrogen and oxygen atoms in total. The van der Waals surface area contributed by atoms with Crippen LogP contribution < -0.4 is 0 Å². The Morgan fingerprint density at radius 3 is 1.72 bits per heavy atom. The molecular formula is C9H23N2O4PS2. The minimum atomic E-state index is -3.64. The van der Waals surface area contributed by atoms with Gasteiger partial charge < -0.3 is 9.05 Å². The molecule has 0 amide bonds. The predicted molar refractivity (Wildman–Crippen MR) is 77.1 cm³/mol. The molecule has 0 bridgehead atoms. The first-order chi connectivity index (χ1) is 8.30. The molecule has 0 aliphatic heterocycles. The summed E-state index contributed by atoms with van der Waals surface area (Å²) in [7, 11) is -2.22. The van der Waals surface area contributed by atoms with Crippen molar-refractivity contribution in [3.8, 4) is 0 Å². The number of hydrogen-bond donors (Lipinski definition) is 0. The average molecular weight is 318 g/mol. The largest absolute Gasteiger partial charge is 0.317 e. The van der Waals surface area contributed by atoms with Crippen LogP contribution in [0, 0.1) is 0 Å². The molecule has 0 radical (unpaired) electrons. The van der Waals surface area contributed by atoms with Gasteiger partial charge in [0.1, 0.15) is 0 Å². The molecule has 0 saturated carbocycles. The molecule has 0 saturated heterocycles. The first-order valence-electron chi connectivity index (χ1n) is 5.93. The molecule has 0 rings (SSSR count). The molecule has 0 aromatic carbocycles. The van der Waals surface area contributed by atoms with Crippen LogP contribution in [0.4, 0.5) is 0 Å². The molecule has 0 unspecified atom stereocenters. The van der Waals surface area contributed by atoms with Gasteiger partial charge in [-0.05, 0) is 25.7 Å². The maximum Gasteiger partial charge on any atom is 0.289 e. The Kier molecular flexibility index (Phi) is 8.08. The van der Waals surface area contributed by atoms with Gasteiger partial charge in [-0.1, -0.05) is 13.8 Å². The lowest BCUT2D eigenvalue weighted by molar-refractivity contribution is 0.242. The maximum absolute atomic E-state index is 12.3. The summed E-state index contributed by atoms with van der Waals surface area (Å²) in [6.07, 6.45) is 0. The summed E-state index contributed by atoms with van der Waals surface area (Å²) >= 11 is 5.27. The minimum absolute atomic E-state index is 0.315. The van der Waals surface area contributed by atoms with E-state index < -0.39 is 16.9 Å². The third-order valence-corrected chi connectivity index (χ3v) is 8.93. The van der Waals surface area contributed by atoms with Crippen LogP contribution in [0.25, 0.3) is 0 Å². The maximum atomic E-state index is 12.3. The van der Waals surface area contributed by atoms with Gasteiger partial charge in [0.15, 0.2) is 0 Å². The lowest BCUT2D eigenvalue weighted by Gasteiger charge is -2.32. The van der Waals surface area contributed by atoms with Crippen LogP contribution in [0.15, 0.2) is 0 Å². The van der Waals surface area contributed by atoms with Gasteiger partial charge in [-0.3, -0.25) is 0 Å². The van der Waals surface area contributed by atoms with E-state index in [9.17, 15) is 8.42 Å². The van der Waals surface area contributed by atoms with E-state index >= 15 is 0 Å². The van der Waals surface area contributed by atoms with E-state index in [1.54, 1.807) is 27.7 Å². The number of rotatable bonds is 9. The van der Waals surface area contributed by atoms with Crippen molar-refractivity contribution < 1.29 is 17.5 Å². The second-order valence-corrected chi connectivity index (χ2v) is 9.00. The van der Waals surface area contributed by atoms with Gasteiger partial charge in [0, 0.05) is 20.1 Å². The summed E-state index contributed by atoms with van der Waals surface area (Å²) in [4.78, 5) is 0. The third-order valence-electron chi connectivity index (χ3n) is 2.30. The number of hydrogen-bond acceptors (Lipinski definition) is 5. The lowest BCUT2D eigenvalue weighted by atomic mass is 10.7. The van der Waals surface area contributed by atoms with Crippen molar-refractivity contribution in [3.63, 3.8) is 0 Å². The summed E-state index contributed by atoms with van der Waals surface area (Å²) in [6.45, 7) is 5.50. The van der Waals surface area contributed by atoms with Crippen LogP contribution in [0.1, 0.15) is 27.7 Å². The van der Waals surface area contributed by atoms with E-state index in [0.717, 1.165) is 4.08 Å². The standard InChI is InChI=1S/C9H23N2O4PS2/c1-6-11(7-2)18(12,13)10(5)16(17,14-8-3)15-9-4/h6-9H2,1-5H3. The Morgan fingerprint density at radius 1 is 1.06 bits per heavy atom. The van der Waals surface area contributed by atoms with Crippen LogP contribution in [0.3, 0.4) is 0 Å². The van der Waals surface area contributed by atoms with Crippen molar-refractivity contribution in [2.45, 2.75) is 27.7 Å². The van der Waals surface area contributed by atoms with Gasteiger partial charge in [-0.25, -0.2) is 0 Å². The van der Waals surface area contributed by atoms with Gasteiger partial charge >= 0.3 is 0 Å². The van der Waals surface area contributed by atoms with Crippen LogP contribution in [0.5, 0.6) is 0 Å². The highest BCUT2D eigenvalue weighted by atomic mass is 32.5. The SMILES string of the molecule is CCOP(=S)(OCC)N(C)S(=O)(=O)N(CC)CC. The summed E-state index contributed by atoms with van der Waals surface area (Å²) in [5, 5.41) is 0. The Labute approximate surface area is 116 Å². The smallest absolute Gasteiger partial charge is 0.289 e. The van der Waals surface area contributed by atoms with E-state index in [2.05, 4.69) is 0 Å². The molecular weight excluding hydrogens is 295 g/mol. The van der Waals surface area contributed by atoms with Gasteiger partial charge in [-0.15, -0.1) is 4.08 Å². The molecule has 0 aliphatic carbocycles. The fraction of sp³-hybridized carbons (Fsp3) is 1.00. The van der Waals surface area contributed by atoms with Crippen molar-refractivity contribution in [2.75, 3.05) is 33.4 Å². The summed E-state index contributed by atoms with van der Waals surface area (Å²) < 4.78 is 37.8. The van der Waals surface area contributed by atoms with Crippen molar-refractivity contribution in [2.24, 2.45) is 0 Å². The highest BCUT2D eigenvalue weighted by Gasteiger charge is 2.37. The first-order valence-corrected chi connectivity index (χ1v) is 9.92. The van der Waals surface area contributed by atoms with E-state index in [0.29, 0.717) is 26.3 Å². The Morgan fingerprint density at radius 2 is 1.44 bits per heavy atom. The van der Waals surface area contributed by atoms with E-state index in [1.165, 1.54) is 11.4 Å². The second kappa shape index (κ2) is 7.89. The molecule has 0 fully saturated rings. The molecule has 9 heteroatoms. The Balaban J connectivity index is 5.32. The zero-order valence-electron chi connectivity index (χ0n) is 11.6. The highest BCUT2D eigenvalue weighted by molar-refractivity contribution is 8.13. The molecule has 0 aliphatic rings. The van der Waals surface area contributed by atoms with Crippen molar-refractivity contribution in [1.29, 1.82) is 0 Å². The van der Waals surface area contributed by atoms with E-state index in [1.807, 2.05) is 0 Å². The van der Waals surface area contributed by atoms with Gasteiger partial charge in [0.25, 0.3) is 16.9 Å². The van der Waals surface area contributed by atoms with Crippen LogP contribution in [-0.2, 0) is 31.1 Å². The summed E-state index contributed by atoms with van der Waals surface area (Å²) in [5.74, 6) is 0. The van der Waals surface area contributed by atoms with E-state index in [-0.39, 0.29) is 0 Å². The lowest BCUT2D eigenvalue weighted by Crippen LogP contribution is -2.40. The van der Waals surface area contributed by atoms with Crippen molar-refractivity contribution in [3.05, 3.63) is 0 Å². The molecule has 0 aromatic heterocycles. The molecule has 0 spiro atoms. The predicted octanol–water partition coefficient (Wildman–Crippen LogP) is 1.80. The minimum Gasteiger partial charge on any atom is -0.317 e. The third kappa shape index (κ3) is 4.23. The molecule has 0 N–H and O–H groups in total. The molecule has 0 atom stereocenters. The summed E-state index contributed by atoms with van der Waals surface area (Å²) in [5.41, 5.74) is 0. The van der Waals surface area contributed by atoms with Crippen LogP contribution in [-0.4, -0.2) is 50.1 Å². The second-order valence-electron chi connectivity index (χ2n) is 3.33. The van der Waals surface area contributed by atoms with Gasteiger partial charge in [-0.2, -0.15) is 12.7 Å². The highest BCUT2D eigenvalue weighted by Crippen LogP contribution is 2.53. The Hall–Kier alpha value is 0.440. The molecule has 0 heterocycles. The van der Waals surface area contributed by atoms with Crippen LogP contribution >= 0.6 is 6.64 Å². The Bertz CT molecular complexity index is 374. The molecule has 0 aromatic rings. The quantitative estimate of drug-likeness (QED) is 0.607. The number of nitrogens with zero attached hydrogens (tertiary/aromatic N) is 2. The fourth-order valence-corrected chi connectivity index (χ4v) is 6.40. The first kappa shape index (κ1) is 18.4. The van der Waals surface area contributed by atoms with Crippen molar-refractivity contribution >= 4 is 28.7 Å². The average Bonchev–Trinajstić information content (AvgIpc) is 2.29. The zero-order chi connectivity index (χ0) is 14.4. The fourth-order valence-electron chi connectivity index (χ4n) is 1.37. The molecule has 110 valence electrons. The van der Waals surface area contributed by atoms with E-state index in [4.69, 9.17) is 20.9 Å². The topological polar surface area (TPSA) is 59.1 Å².